The second-order valence-electron chi connectivity index (χ2n) is 3.17. The smallest absolute Gasteiger partial charge is 0.141 e. The first-order chi connectivity index (χ1) is 6.63. The fraction of sp³-hybridized carbons (Fsp3) is 0.400. The zero-order chi connectivity index (χ0) is 10.6. The van der Waals surface area contributed by atoms with Crippen molar-refractivity contribution in [3.8, 4) is 5.75 Å². The van der Waals surface area contributed by atoms with Crippen LogP contribution in [0.2, 0.25) is 0 Å². The van der Waals surface area contributed by atoms with Gasteiger partial charge in [-0.3, -0.25) is 0 Å². The van der Waals surface area contributed by atoms with Crippen molar-refractivity contribution in [2.75, 3.05) is 12.4 Å². The zero-order valence-corrected chi connectivity index (χ0v) is 10.3. The molecule has 0 heterocycles. The molecule has 0 radical (unpaired) electrons. The molecule has 0 aromatic heterocycles. The van der Waals surface area contributed by atoms with Gasteiger partial charge in [-0.05, 0) is 39.7 Å². The first-order valence-corrected chi connectivity index (χ1v) is 5.74. The van der Waals surface area contributed by atoms with Gasteiger partial charge < -0.3 is 4.74 Å². The van der Waals surface area contributed by atoms with Crippen molar-refractivity contribution in [2.45, 2.75) is 6.92 Å². The van der Waals surface area contributed by atoms with E-state index in [1.165, 1.54) is 6.07 Å². The van der Waals surface area contributed by atoms with Gasteiger partial charge >= 0.3 is 0 Å². The Morgan fingerprint density at radius 3 is 2.86 bits per heavy atom. The topological polar surface area (TPSA) is 9.23 Å². The molecule has 0 aliphatic carbocycles. The minimum atomic E-state index is -0.305. The van der Waals surface area contributed by atoms with E-state index < -0.39 is 0 Å². The van der Waals surface area contributed by atoms with Crippen LogP contribution in [-0.4, -0.2) is 12.4 Å². The van der Waals surface area contributed by atoms with Gasteiger partial charge in [0.05, 0.1) is 11.1 Å². The quantitative estimate of drug-likeness (QED) is 0.829. The molecular formula is C10H12BrFOS. The van der Waals surface area contributed by atoms with E-state index in [1.54, 1.807) is 12.1 Å². The molecule has 1 unspecified atom stereocenters. The molecule has 4 heteroatoms. The summed E-state index contributed by atoms with van der Waals surface area (Å²) in [7, 11) is 0. The van der Waals surface area contributed by atoms with Crippen LogP contribution in [0.3, 0.4) is 0 Å². The average Bonchev–Trinajstić information content (AvgIpc) is 2.19. The van der Waals surface area contributed by atoms with E-state index in [-0.39, 0.29) is 5.82 Å². The first kappa shape index (κ1) is 11.9. The molecule has 78 valence electrons. The molecule has 0 bridgehead atoms. The van der Waals surface area contributed by atoms with Crippen LogP contribution in [0.1, 0.15) is 6.92 Å². The lowest BCUT2D eigenvalue weighted by Gasteiger charge is -2.10. The van der Waals surface area contributed by atoms with Crippen molar-refractivity contribution in [2.24, 2.45) is 5.92 Å². The van der Waals surface area contributed by atoms with Gasteiger partial charge in [0, 0.05) is 6.07 Å². The molecule has 0 aliphatic rings. The minimum Gasteiger partial charge on any atom is -0.493 e. The highest BCUT2D eigenvalue weighted by atomic mass is 79.9. The van der Waals surface area contributed by atoms with E-state index in [1.807, 2.05) is 6.92 Å². The molecular weight excluding hydrogens is 267 g/mol. The Balaban J connectivity index is 2.55. The van der Waals surface area contributed by atoms with Gasteiger partial charge in [0.2, 0.25) is 0 Å². The molecule has 1 rings (SSSR count). The maximum absolute atomic E-state index is 13.0. The monoisotopic (exact) mass is 278 g/mol. The second-order valence-corrected chi connectivity index (χ2v) is 4.39. The molecule has 1 aromatic carbocycles. The summed E-state index contributed by atoms with van der Waals surface area (Å²) in [5.74, 6) is 1.38. The van der Waals surface area contributed by atoms with Crippen LogP contribution in [0, 0.1) is 11.7 Å². The van der Waals surface area contributed by atoms with Gasteiger partial charge in [0.25, 0.3) is 0 Å². The van der Waals surface area contributed by atoms with Gasteiger partial charge in [-0.1, -0.05) is 6.92 Å². The highest BCUT2D eigenvalue weighted by molar-refractivity contribution is 9.10. The summed E-state index contributed by atoms with van der Waals surface area (Å²) >= 11 is 7.22. The number of thiol groups is 1. The average molecular weight is 279 g/mol. The number of benzene rings is 1. The molecule has 1 aromatic rings. The molecule has 0 amide bonds. The lowest BCUT2D eigenvalue weighted by molar-refractivity contribution is 0.272. The summed E-state index contributed by atoms with van der Waals surface area (Å²) in [5.41, 5.74) is 0. The zero-order valence-electron chi connectivity index (χ0n) is 7.84. The van der Waals surface area contributed by atoms with E-state index in [4.69, 9.17) is 4.74 Å². The van der Waals surface area contributed by atoms with Gasteiger partial charge in [0.15, 0.2) is 0 Å². The number of ether oxygens (including phenoxy) is 1. The Morgan fingerprint density at radius 2 is 2.29 bits per heavy atom. The van der Waals surface area contributed by atoms with Crippen molar-refractivity contribution >= 4 is 28.6 Å². The molecule has 0 saturated carbocycles. The highest BCUT2D eigenvalue weighted by Crippen LogP contribution is 2.21. The molecule has 14 heavy (non-hydrogen) atoms. The molecule has 0 saturated heterocycles. The molecule has 1 atom stereocenters. The molecule has 0 aliphatic heterocycles. The van der Waals surface area contributed by atoms with Crippen LogP contribution < -0.4 is 4.74 Å². The van der Waals surface area contributed by atoms with Crippen molar-refractivity contribution in [1.29, 1.82) is 0 Å². The largest absolute Gasteiger partial charge is 0.493 e. The van der Waals surface area contributed by atoms with Crippen LogP contribution in [0.5, 0.6) is 5.75 Å². The van der Waals surface area contributed by atoms with Gasteiger partial charge in [-0.2, -0.15) is 12.6 Å². The van der Waals surface area contributed by atoms with Crippen LogP contribution >= 0.6 is 28.6 Å². The van der Waals surface area contributed by atoms with Crippen LogP contribution in [-0.2, 0) is 0 Å². The summed E-state index contributed by atoms with van der Waals surface area (Å²) in [5, 5.41) is 0. The van der Waals surface area contributed by atoms with Crippen molar-refractivity contribution in [1.82, 2.24) is 0 Å². The Bertz CT molecular complexity index is 306. The lowest BCUT2D eigenvalue weighted by atomic mass is 10.2. The molecule has 0 fully saturated rings. The lowest BCUT2D eigenvalue weighted by Crippen LogP contribution is -2.09. The van der Waals surface area contributed by atoms with Gasteiger partial charge in [0.1, 0.15) is 11.6 Å². The van der Waals surface area contributed by atoms with Crippen molar-refractivity contribution in [3.05, 3.63) is 28.5 Å². The summed E-state index contributed by atoms with van der Waals surface area (Å²) in [6, 6.07) is 4.74. The SMILES string of the molecule is CC(CS)COc1ccc(Br)c(F)c1. The van der Waals surface area contributed by atoms with Crippen molar-refractivity contribution < 1.29 is 9.13 Å². The fourth-order valence-corrected chi connectivity index (χ4v) is 1.21. The maximum atomic E-state index is 13.0. The third-order valence-corrected chi connectivity index (χ3v) is 3.00. The Kier molecular flexibility index (Phi) is 4.75. The molecule has 1 nitrogen and oxygen atoms in total. The third kappa shape index (κ3) is 3.50. The van der Waals surface area contributed by atoms with Gasteiger partial charge in [-0.25, -0.2) is 4.39 Å². The van der Waals surface area contributed by atoms with Crippen LogP contribution in [0.15, 0.2) is 22.7 Å². The standard InChI is InChI=1S/C10H12BrFOS/c1-7(6-14)5-13-8-2-3-9(11)10(12)4-8/h2-4,7,14H,5-6H2,1H3. The number of hydrogen-bond donors (Lipinski definition) is 1. The summed E-state index contributed by atoms with van der Waals surface area (Å²) in [6.45, 7) is 2.59. The third-order valence-electron chi connectivity index (χ3n) is 1.74. The molecule has 0 spiro atoms. The number of rotatable bonds is 4. The minimum absolute atomic E-state index is 0.305. The summed E-state index contributed by atoms with van der Waals surface area (Å²) in [6.07, 6.45) is 0. The first-order valence-electron chi connectivity index (χ1n) is 4.32. The Labute approximate surface area is 97.2 Å². The Hall–Kier alpha value is -0.220. The predicted octanol–water partition coefficient (Wildman–Crippen LogP) is 3.53. The van der Waals surface area contributed by atoms with E-state index in [0.29, 0.717) is 22.7 Å². The van der Waals surface area contributed by atoms with E-state index in [9.17, 15) is 4.39 Å². The number of hydrogen-bond acceptors (Lipinski definition) is 2. The van der Waals surface area contributed by atoms with Crippen LogP contribution in [0.25, 0.3) is 0 Å². The van der Waals surface area contributed by atoms with E-state index in [0.717, 1.165) is 5.75 Å². The van der Waals surface area contributed by atoms with Crippen LogP contribution in [0.4, 0.5) is 4.39 Å². The fourth-order valence-electron chi connectivity index (χ4n) is 0.858. The number of halogens is 2. The van der Waals surface area contributed by atoms with E-state index >= 15 is 0 Å². The highest BCUT2D eigenvalue weighted by Gasteiger charge is 2.03. The Morgan fingerprint density at radius 1 is 1.57 bits per heavy atom. The van der Waals surface area contributed by atoms with E-state index in [2.05, 4.69) is 28.6 Å². The maximum Gasteiger partial charge on any atom is 0.141 e. The second kappa shape index (κ2) is 5.61. The normalized spacial score (nSPS) is 12.6. The predicted molar refractivity (Wildman–Crippen MR) is 62.6 cm³/mol. The van der Waals surface area contributed by atoms with Gasteiger partial charge in [-0.15, -0.1) is 0 Å². The van der Waals surface area contributed by atoms with Crippen molar-refractivity contribution in [3.63, 3.8) is 0 Å². The summed E-state index contributed by atoms with van der Waals surface area (Å²) < 4.78 is 18.9. The summed E-state index contributed by atoms with van der Waals surface area (Å²) in [4.78, 5) is 0. The molecule has 0 N–H and O–H groups in total.